The lowest BCUT2D eigenvalue weighted by molar-refractivity contribution is -0.141. The Morgan fingerprint density at radius 1 is 1.15 bits per heavy atom. The molecular weight excluding hydrogens is 346 g/mol. The first kappa shape index (κ1) is 16.9. The fraction of sp³-hybridized carbons (Fsp3) is 0.143. The Labute approximate surface area is 156 Å². The van der Waals surface area contributed by atoms with E-state index in [1.807, 2.05) is 48.5 Å². The standard InChI is InChI=1S/C21H17NO5/c1-24-20-9-5-3-7-17(20)18-11-16(27-22-18)13-26-21(23)15-10-14-6-2-4-8-19(14)25-12-15/h2-11H,12-13H2,1H3. The maximum absolute atomic E-state index is 12.3. The van der Waals surface area contributed by atoms with Crippen molar-refractivity contribution in [2.24, 2.45) is 0 Å². The molecule has 0 aliphatic carbocycles. The Bertz CT molecular complexity index is 1010. The Kier molecular flexibility index (Phi) is 4.61. The minimum absolute atomic E-state index is 0.0139. The number of methoxy groups -OCH3 is 1. The van der Waals surface area contributed by atoms with Gasteiger partial charge in [-0.3, -0.25) is 0 Å². The van der Waals surface area contributed by atoms with Gasteiger partial charge >= 0.3 is 5.97 Å². The molecule has 2 aromatic carbocycles. The van der Waals surface area contributed by atoms with Crippen LogP contribution in [0.4, 0.5) is 0 Å². The molecule has 1 aliphatic heterocycles. The fourth-order valence-corrected chi connectivity index (χ4v) is 2.83. The molecular formula is C21H17NO5. The van der Waals surface area contributed by atoms with Crippen molar-refractivity contribution in [1.82, 2.24) is 5.16 Å². The average Bonchev–Trinajstić information content (AvgIpc) is 3.20. The maximum atomic E-state index is 12.3. The third kappa shape index (κ3) is 3.55. The maximum Gasteiger partial charge on any atom is 0.337 e. The van der Waals surface area contributed by atoms with Gasteiger partial charge in [0.05, 0.1) is 12.7 Å². The van der Waals surface area contributed by atoms with E-state index in [1.54, 1.807) is 19.3 Å². The van der Waals surface area contributed by atoms with Crippen molar-refractivity contribution in [2.45, 2.75) is 6.61 Å². The number of fused-ring (bicyclic) bond motifs is 1. The van der Waals surface area contributed by atoms with Crippen molar-refractivity contribution in [1.29, 1.82) is 0 Å². The second-order valence-electron chi connectivity index (χ2n) is 5.95. The van der Waals surface area contributed by atoms with Gasteiger partial charge < -0.3 is 18.7 Å². The zero-order valence-corrected chi connectivity index (χ0v) is 14.7. The summed E-state index contributed by atoms with van der Waals surface area (Å²) in [6.07, 6.45) is 1.78. The first-order valence-electron chi connectivity index (χ1n) is 8.43. The summed E-state index contributed by atoms with van der Waals surface area (Å²) >= 11 is 0. The van der Waals surface area contributed by atoms with Crippen LogP contribution in [-0.4, -0.2) is 24.8 Å². The molecule has 0 N–H and O–H groups in total. The van der Waals surface area contributed by atoms with Gasteiger partial charge in [-0.05, 0) is 24.3 Å². The number of carbonyl (C=O) groups is 1. The molecule has 0 spiro atoms. The SMILES string of the molecule is COc1ccccc1-c1cc(COC(=O)C2=Cc3ccccc3OC2)on1. The van der Waals surface area contributed by atoms with Crippen LogP contribution in [0.2, 0.25) is 0 Å². The molecule has 1 aromatic heterocycles. The molecule has 4 rings (SSSR count). The number of hydrogen-bond donors (Lipinski definition) is 0. The second-order valence-corrected chi connectivity index (χ2v) is 5.95. The Morgan fingerprint density at radius 2 is 1.96 bits per heavy atom. The van der Waals surface area contributed by atoms with Gasteiger partial charge in [-0.2, -0.15) is 0 Å². The molecule has 1 aliphatic rings. The van der Waals surface area contributed by atoms with Crippen molar-refractivity contribution >= 4 is 12.0 Å². The minimum atomic E-state index is -0.445. The van der Waals surface area contributed by atoms with E-state index < -0.39 is 5.97 Å². The first-order chi connectivity index (χ1) is 13.2. The summed E-state index contributed by atoms with van der Waals surface area (Å²) in [6, 6.07) is 16.7. The number of nitrogens with zero attached hydrogens (tertiary/aromatic N) is 1. The predicted molar refractivity (Wildman–Crippen MR) is 98.2 cm³/mol. The van der Waals surface area contributed by atoms with Gasteiger partial charge in [0.25, 0.3) is 0 Å². The van der Waals surface area contributed by atoms with Crippen LogP contribution in [0.25, 0.3) is 17.3 Å². The molecule has 2 heterocycles. The molecule has 136 valence electrons. The van der Waals surface area contributed by atoms with Gasteiger partial charge in [0.1, 0.15) is 23.8 Å². The summed E-state index contributed by atoms with van der Waals surface area (Å²) in [5.74, 6) is 1.45. The molecule has 6 nitrogen and oxygen atoms in total. The molecule has 0 saturated heterocycles. The van der Waals surface area contributed by atoms with Gasteiger partial charge in [-0.1, -0.05) is 35.5 Å². The van der Waals surface area contributed by atoms with Crippen molar-refractivity contribution in [3.05, 3.63) is 71.5 Å². The van der Waals surface area contributed by atoms with Crippen LogP contribution in [0.1, 0.15) is 11.3 Å². The molecule has 0 fully saturated rings. The third-order valence-electron chi connectivity index (χ3n) is 4.18. The zero-order valence-electron chi connectivity index (χ0n) is 14.7. The topological polar surface area (TPSA) is 70.8 Å². The van der Waals surface area contributed by atoms with E-state index in [9.17, 15) is 4.79 Å². The number of aromatic nitrogens is 1. The highest BCUT2D eigenvalue weighted by molar-refractivity contribution is 5.95. The number of ether oxygens (including phenoxy) is 3. The van der Waals surface area contributed by atoms with Crippen molar-refractivity contribution < 1.29 is 23.5 Å². The summed E-state index contributed by atoms with van der Waals surface area (Å²) in [5.41, 5.74) is 2.74. The lowest BCUT2D eigenvalue weighted by Crippen LogP contribution is -2.17. The monoisotopic (exact) mass is 363 g/mol. The van der Waals surface area contributed by atoms with Gasteiger partial charge in [-0.25, -0.2) is 4.79 Å². The van der Waals surface area contributed by atoms with Crippen LogP contribution in [0.5, 0.6) is 11.5 Å². The summed E-state index contributed by atoms with van der Waals surface area (Å²) in [7, 11) is 1.60. The lowest BCUT2D eigenvalue weighted by Gasteiger charge is -2.16. The van der Waals surface area contributed by atoms with E-state index in [1.165, 1.54) is 0 Å². The van der Waals surface area contributed by atoms with E-state index in [0.29, 0.717) is 22.8 Å². The highest BCUT2D eigenvalue weighted by Gasteiger charge is 2.19. The molecule has 0 saturated carbocycles. The van der Waals surface area contributed by atoms with Gasteiger partial charge in [0.15, 0.2) is 12.4 Å². The number of rotatable bonds is 5. The van der Waals surface area contributed by atoms with Gasteiger partial charge in [-0.15, -0.1) is 0 Å². The van der Waals surface area contributed by atoms with Crippen molar-refractivity contribution in [3.8, 4) is 22.8 Å². The first-order valence-corrected chi connectivity index (χ1v) is 8.43. The molecule has 27 heavy (non-hydrogen) atoms. The Balaban J connectivity index is 1.43. The second kappa shape index (κ2) is 7.37. The zero-order chi connectivity index (χ0) is 18.6. The van der Waals surface area contributed by atoms with Gasteiger partial charge in [0.2, 0.25) is 0 Å². The van der Waals surface area contributed by atoms with E-state index in [0.717, 1.165) is 16.9 Å². The summed E-state index contributed by atoms with van der Waals surface area (Å²) in [4.78, 5) is 12.3. The van der Waals surface area contributed by atoms with Crippen LogP contribution in [0.15, 0.2) is 64.7 Å². The average molecular weight is 363 g/mol. The Morgan fingerprint density at radius 3 is 2.85 bits per heavy atom. The van der Waals surface area contributed by atoms with Crippen LogP contribution >= 0.6 is 0 Å². The highest BCUT2D eigenvalue weighted by atomic mass is 16.6. The normalized spacial score (nSPS) is 12.6. The Hall–Kier alpha value is -3.54. The van der Waals surface area contributed by atoms with E-state index >= 15 is 0 Å². The van der Waals surface area contributed by atoms with Crippen LogP contribution in [0, 0.1) is 0 Å². The highest BCUT2D eigenvalue weighted by Crippen LogP contribution is 2.29. The molecule has 0 unspecified atom stereocenters. The number of carbonyl (C=O) groups excluding carboxylic acids is 1. The fourth-order valence-electron chi connectivity index (χ4n) is 2.83. The lowest BCUT2D eigenvalue weighted by atomic mass is 10.1. The summed E-state index contributed by atoms with van der Waals surface area (Å²) < 4.78 is 21.5. The van der Waals surface area contributed by atoms with Crippen LogP contribution in [-0.2, 0) is 16.1 Å². The summed E-state index contributed by atoms with van der Waals surface area (Å²) in [5, 5.41) is 4.03. The molecule has 0 atom stereocenters. The molecule has 0 radical (unpaired) electrons. The number of benzene rings is 2. The third-order valence-corrected chi connectivity index (χ3v) is 4.18. The van der Waals surface area contributed by atoms with Crippen molar-refractivity contribution in [3.63, 3.8) is 0 Å². The quantitative estimate of drug-likeness (QED) is 0.641. The number of esters is 1. The molecule has 3 aromatic rings. The summed E-state index contributed by atoms with van der Waals surface area (Å²) in [6.45, 7) is 0.165. The van der Waals surface area contributed by atoms with Gasteiger partial charge in [0, 0.05) is 17.2 Å². The smallest absolute Gasteiger partial charge is 0.337 e. The largest absolute Gasteiger partial charge is 0.496 e. The number of hydrogen-bond acceptors (Lipinski definition) is 6. The molecule has 6 heteroatoms. The molecule has 0 bridgehead atoms. The van der Waals surface area contributed by atoms with Crippen molar-refractivity contribution in [2.75, 3.05) is 13.7 Å². The van der Waals surface area contributed by atoms with Crippen LogP contribution < -0.4 is 9.47 Å². The van der Waals surface area contributed by atoms with Crippen LogP contribution in [0.3, 0.4) is 0 Å². The predicted octanol–water partition coefficient (Wildman–Crippen LogP) is 3.87. The molecule has 0 amide bonds. The number of para-hydroxylation sites is 2. The van der Waals surface area contributed by atoms with E-state index in [2.05, 4.69) is 5.16 Å². The van der Waals surface area contributed by atoms with E-state index in [-0.39, 0.29) is 13.2 Å². The minimum Gasteiger partial charge on any atom is -0.496 e. The van der Waals surface area contributed by atoms with E-state index in [4.69, 9.17) is 18.7 Å².